The van der Waals surface area contributed by atoms with Gasteiger partial charge < -0.3 is 19.7 Å². The Labute approximate surface area is 129 Å². The van der Waals surface area contributed by atoms with Crippen LogP contribution in [0.3, 0.4) is 0 Å². The molecule has 22 heavy (non-hydrogen) atoms. The summed E-state index contributed by atoms with van der Waals surface area (Å²) in [6.45, 7) is 6.51. The maximum atomic E-state index is 10.2. The van der Waals surface area contributed by atoms with Crippen molar-refractivity contribution in [1.82, 2.24) is 0 Å². The van der Waals surface area contributed by atoms with Crippen molar-refractivity contribution in [2.24, 2.45) is 10.2 Å². The van der Waals surface area contributed by atoms with Gasteiger partial charge in [-0.3, -0.25) is 0 Å². The van der Waals surface area contributed by atoms with Crippen LogP contribution in [0.5, 0.6) is 0 Å². The highest BCUT2D eigenvalue weighted by atomic mass is 28.3. The highest BCUT2D eigenvalue weighted by Crippen LogP contribution is 2.27. The van der Waals surface area contributed by atoms with Gasteiger partial charge in [-0.1, -0.05) is 29.9 Å². The predicted molar refractivity (Wildman–Crippen MR) is 81.7 cm³/mol. The van der Waals surface area contributed by atoms with Crippen molar-refractivity contribution >= 4 is 8.07 Å². The SMILES string of the molecule is C[Si](C)(C)CCO[C@@H]1OC(CO)C(N=[N+]=[N-])C(O)C1N=[N+]=[N-]. The fraction of sp³-hybridized carbons (Fsp3) is 1.00. The van der Waals surface area contributed by atoms with Crippen LogP contribution in [-0.4, -0.2) is 62.1 Å². The minimum absolute atomic E-state index is 0.398. The highest BCUT2D eigenvalue weighted by Gasteiger charge is 2.45. The van der Waals surface area contributed by atoms with Gasteiger partial charge in [-0.25, -0.2) is 0 Å². The number of aliphatic hydroxyl groups is 2. The van der Waals surface area contributed by atoms with Crippen molar-refractivity contribution in [3.05, 3.63) is 20.9 Å². The minimum Gasteiger partial charge on any atom is -0.394 e. The molecule has 1 rings (SSSR count). The molecule has 0 amide bonds. The van der Waals surface area contributed by atoms with Crippen LogP contribution in [0.2, 0.25) is 25.7 Å². The molecule has 0 aromatic rings. The second kappa shape index (κ2) is 8.35. The Hall–Kier alpha value is -1.32. The van der Waals surface area contributed by atoms with Gasteiger partial charge in [0.15, 0.2) is 6.29 Å². The average Bonchev–Trinajstić information content (AvgIpc) is 2.44. The summed E-state index contributed by atoms with van der Waals surface area (Å²) >= 11 is 0. The van der Waals surface area contributed by atoms with Crippen LogP contribution in [0, 0.1) is 0 Å². The van der Waals surface area contributed by atoms with E-state index in [1.807, 2.05) is 0 Å². The van der Waals surface area contributed by atoms with E-state index < -0.39 is 45.3 Å². The standard InChI is InChI=1S/C11H22N6O4Si/c1-22(2,3)5-4-20-11-9(15-17-13)10(19)8(14-16-12)7(6-18)21-11/h7-11,18-19H,4-6H2,1-3H3/t7?,8?,9?,10?,11-/m1/s1. The smallest absolute Gasteiger partial charge is 0.169 e. The molecule has 124 valence electrons. The average molecular weight is 330 g/mol. The topological polar surface area (TPSA) is 156 Å². The number of azide groups is 2. The van der Waals surface area contributed by atoms with Crippen LogP contribution in [0.4, 0.5) is 0 Å². The zero-order valence-electron chi connectivity index (χ0n) is 12.9. The quantitative estimate of drug-likeness (QED) is 0.315. The molecular weight excluding hydrogens is 308 g/mol. The number of hydrogen-bond acceptors (Lipinski definition) is 6. The van der Waals surface area contributed by atoms with Gasteiger partial charge in [0.2, 0.25) is 0 Å². The molecule has 10 nitrogen and oxygen atoms in total. The third-order valence-electron chi connectivity index (χ3n) is 3.35. The van der Waals surface area contributed by atoms with Crippen molar-refractivity contribution in [2.45, 2.75) is 56.3 Å². The third-order valence-corrected chi connectivity index (χ3v) is 5.06. The lowest BCUT2D eigenvalue weighted by atomic mass is 9.96. The van der Waals surface area contributed by atoms with Crippen LogP contribution in [0.1, 0.15) is 0 Å². The second-order valence-corrected chi connectivity index (χ2v) is 11.9. The lowest BCUT2D eigenvalue weighted by Crippen LogP contribution is -2.57. The molecule has 0 bridgehead atoms. The van der Waals surface area contributed by atoms with E-state index in [0.29, 0.717) is 6.61 Å². The molecule has 1 aliphatic heterocycles. The maximum absolute atomic E-state index is 10.2. The monoisotopic (exact) mass is 330 g/mol. The van der Waals surface area contributed by atoms with E-state index in [-0.39, 0.29) is 0 Å². The van der Waals surface area contributed by atoms with E-state index >= 15 is 0 Å². The van der Waals surface area contributed by atoms with E-state index in [0.717, 1.165) is 6.04 Å². The minimum atomic E-state index is -1.31. The summed E-state index contributed by atoms with van der Waals surface area (Å²) in [4.78, 5) is 5.30. The van der Waals surface area contributed by atoms with Gasteiger partial charge in [0.1, 0.15) is 6.04 Å². The Kier molecular flexibility index (Phi) is 7.10. The van der Waals surface area contributed by atoms with E-state index in [2.05, 4.69) is 39.7 Å². The van der Waals surface area contributed by atoms with E-state index in [1.54, 1.807) is 0 Å². The molecule has 11 heteroatoms. The molecule has 5 atom stereocenters. The molecule has 2 N–H and O–H groups in total. The Bertz CT molecular complexity index is 460. The lowest BCUT2D eigenvalue weighted by molar-refractivity contribution is -0.235. The van der Waals surface area contributed by atoms with Crippen molar-refractivity contribution in [3.63, 3.8) is 0 Å². The first-order chi connectivity index (χ1) is 10.3. The molecule has 0 saturated carbocycles. The molecule has 0 radical (unpaired) electrons. The molecule has 1 fully saturated rings. The van der Waals surface area contributed by atoms with Gasteiger partial charge in [0.05, 0.1) is 24.9 Å². The zero-order valence-corrected chi connectivity index (χ0v) is 13.9. The summed E-state index contributed by atoms with van der Waals surface area (Å²) in [5.41, 5.74) is 17.2. The van der Waals surface area contributed by atoms with Crippen LogP contribution < -0.4 is 0 Å². The molecule has 1 saturated heterocycles. The van der Waals surface area contributed by atoms with Gasteiger partial charge in [0.25, 0.3) is 0 Å². The Balaban J connectivity index is 2.85. The summed E-state index contributed by atoms with van der Waals surface area (Å²) in [5.74, 6) is 0. The van der Waals surface area contributed by atoms with Crippen LogP contribution in [0.25, 0.3) is 20.9 Å². The normalized spacial score (nSPS) is 32.0. The van der Waals surface area contributed by atoms with Gasteiger partial charge in [-0.15, -0.1) is 0 Å². The Morgan fingerprint density at radius 2 is 1.77 bits per heavy atom. The second-order valence-electron chi connectivity index (χ2n) is 6.29. The van der Waals surface area contributed by atoms with Gasteiger partial charge in [-0.2, -0.15) is 0 Å². The van der Waals surface area contributed by atoms with E-state index in [4.69, 9.17) is 20.5 Å². The summed E-state index contributed by atoms with van der Waals surface area (Å²) in [5, 5.41) is 26.5. The molecule has 0 aromatic carbocycles. The van der Waals surface area contributed by atoms with Crippen molar-refractivity contribution in [2.75, 3.05) is 13.2 Å². The Morgan fingerprint density at radius 3 is 2.27 bits per heavy atom. The zero-order chi connectivity index (χ0) is 16.8. The van der Waals surface area contributed by atoms with Crippen molar-refractivity contribution < 1.29 is 19.7 Å². The first-order valence-corrected chi connectivity index (χ1v) is 10.7. The number of rotatable bonds is 7. The van der Waals surface area contributed by atoms with Crippen LogP contribution in [-0.2, 0) is 9.47 Å². The van der Waals surface area contributed by atoms with E-state index in [1.165, 1.54) is 0 Å². The summed E-state index contributed by atoms with van der Waals surface area (Å²) < 4.78 is 11.1. The molecular formula is C11H22N6O4Si. The number of hydrogen-bond donors (Lipinski definition) is 2. The maximum Gasteiger partial charge on any atom is 0.169 e. The lowest BCUT2D eigenvalue weighted by Gasteiger charge is -2.40. The van der Waals surface area contributed by atoms with Crippen LogP contribution in [0.15, 0.2) is 10.2 Å². The summed E-state index contributed by atoms with van der Waals surface area (Å²) in [7, 11) is -1.31. The van der Waals surface area contributed by atoms with Crippen molar-refractivity contribution in [3.8, 4) is 0 Å². The Morgan fingerprint density at radius 1 is 1.18 bits per heavy atom. The van der Waals surface area contributed by atoms with Gasteiger partial charge in [-0.05, 0) is 17.1 Å². The number of ether oxygens (including phenoxy) is 2. The van der Waals surface area contributed by atoms with Crippen LogP contribution >= 0.6 is 0 Å². The molecule has 1 aliphatic rings. The van der Waals surface area contributed by atoms with E-state index in [9.17, 15) is 10.2 Å². The molecule has 0 aliphatic carbocycles. The van der Waals surface area contributed by atoms with Crippen molar-refractivity contribution in [1.29, 1.82) is 0 Å². The predicted octanol–water partition coefficient (Wildman–Crippen LogP) is 1.78. The fourth-order valence-electron chi connectivity index (χ4n) is 2.07. The molecule has 4 unspecified atom stereocenters. The molecule has 0 aromatic heterocycles. The van der Waals surface area contributed by atoms with Gasteiger partial charge >= 0.3 is 0 Å². The third kappa shape index (κ3) is 5.15. The summed E-state index contributed by atoms with van der Waals surface area (Å²) in [6, 6.07) is -1.21. The highest BCUT2D eigenvalue weighted by molar-refractivity contribution is 6.76. The fourth-order valence-corrected chi connectivity index (χ4v) is 2.80. The number of nitrogens with zero attached hydrogens (tertiary/aromatic N) is 6. The first kappa shape index (κ1) is 18.7. The summed E-state index contributed by atoms with van der Waals surface area (Å²) in [6.07, 6.45) is -3.17. The van der Waals surface area contributed by atoms with Gasteiger partial charge in [0, 0.05) is 24.5 Å². The first-order valence-electron chi connectivity index (χ1n) is 6.98. The molecule has 0 spiro atoms. The largest absolute Gasteiger partial charge is 0.394 e. The molecule has 1 heterocycles. The number of aliphatic hydroxyl groups excluding tert-OH is 2.